The fourth-order valence-corrected chi connectivity index (χ4v) is 5.04. The summed E-state index contributed by atoms with van der Waals surface area (Å²) in [6.45, 7) is 5.44. The molecule has 0 spiro atoms. The molecule has 0 aliphatic carbocycles. The first-order valence-electron chi connectivity index (χ1n) is 8.80. The van der Waals surface area contributed by atoms with Gasteiger partial charge < -0.3 is 9.72 Å². The summed E-state index contributed by atoms with van der Waals surface area (Å²) in [5, 5.41) is 3.83. The van der Waals surface area contributed by atoms with Gasteiger partial charge in [-0.3, -0.25) is 14.9 Å². The van der Waals surface area contributed by atoms with Crippen molar-refractivity contribution in [3.8, 4) is 17.0 Å². The van der Waals surface area contributed by atoms with E-state index >= 15 is 0 Å². The Balaban J connectivity index is 1.64. The van der Waals surface area contributed by atoms with E-state index in [0.717, 1.165) is 21.9 Å². The molecule has 0 fully saturated rings. The van der Waals surface area contributed by atoms with Crippen LogP contribution >= 0.6 is 22.7 Å². The van der Waals surface area contributed by atoms with Gasteiger partial charge >= 0.3 is 0 Å². The summed E-state index contributed by atoms with van der Waals surface area (Å²) in [5.41, 5.74) is 2.16. The third-order valence-electron chi connectivity index (χ3n) is 4.51. The summed E-state index contributed by atoms with van der Waals surface area (Å²) in [7, 11) is 1.62. The largest absolute Gasteiger partial charge is 0.497 e. The van der Waals surface area contributed by atoms with E-state index in [1.54, 1.807) is 21.0 Å². The number of anilines is 1. The van der Waals surface area contributed by atoms with Crippen LogP contribution in [0.1, 0.15) is 25.9 Å². The smallest absolute Gasteiger partial charge is 0.267 e. The van der Waals surface area contributed by atoms with Gasteiger partial charge in [0.1, 0.15) is 16.4 Å². The molecule has 148 valence electrons. The molecule has 0 aliphatic rings. The zero-order valence-corrected chi connectivity index (χ0v) is 17.9. The molecule has 1 aromatic carbocycles. The van der Waals surface area contributed by atoms with Gasteiger partial charge in [-0.1, -0.05) is 0 Å². The lowest BCUT2D eigenvalue weighted by atomic mass is 10.1. The molecule has 0 aliphatic heterocycles. The number of aromatic nitrogens is 3. The van der Waals surface area contributed by atoms with Gasteiger partial charge in [0.15, 0.2) is 5.13 Å². The van der Waals surface area contributed by atoms with E-state index in [4.69, 9.17) is 4.74 Å². The third kappa shape index (κ3) is 3.54. The molecule has 0 saturated carbocycles. The maximum Gasteiger partial charge on any atom is 0.267 e. The summed E-state index contributed by atoms with van der Waals surface area (Å²) in [6, 6.07) is 7.62. The van der Waals surface area contributed by atoms with Crippen LogP contribution in [0.2, 0.25) is 0 Å². The number of rotatable bonds is 4. The van der Waals surface area contributed by atoms with Crippen molar-refractivity contribution in [3.05, 3.63) is 55.8 Å². The van der Waals surface area contributed by atoms with E-state index < -0.39 is 0 Å². The molecule has 0 saturated heterocycles. The number of thiophene rings is 1. The molecule has 2 N–H and O–H groups in total. The molecule has 0 unspecified atom stereocenters. The molecule has 1 amide bonds. The highest BCUT2D eigenvalue weighted by Gasteiger charge is 2.20. The number of fused-ring (bicyclic) bond motifs is 1. The topological polar surface area (TPSA) is 97.0 Å². The van der Waals surface area contributed by atoms with Gasteiger partial charge in [-0.2, -0.15) is 0 Å². The number of carbonyl (C=O) groups excluding carboxylic acids is 1. The second kappa shape index (κ2) is 7.41. The Bertz CT molecular complexity index is 1290. The quantitative estimate of drug-likeness (QED) is 0.507. The Morgan fingerprint density at radius 3 is 2.52 bits per heavy atom. The number of aromatic amines is 1. The highest BCUT2D eigenvalue weighted by atomic mass is 32.1. The molecule has 4 rings (SSSR count). The summed E-state index contributed by atoms with van der Waals surface area (Å²) >= 11 is 2.62. The minimum Gasteiger partial charge on any atom is -0.497 e. The van der Waals surface area contributed by atoms with E-state index in [-0.39, 0.29) is 11.5 Å². The minimum absolute atomic E-state index is 0.229. The Hall–Kier alpha value is -3.04. The van der Waals surface area contributed by atoms with Crippen molar-refractivity contribution in [1.82, 2.24) is 15.0 Å². The highest BCUT2D eigenvalue weighted by Crippen LogP contribution is 2.33. The second-order valence-electron chi connectivity index (χ2n) is 6.49. The van der Waals surface area contributed by atoms with Crippen molar-refractivity contribution in [2.45, 2.75) is 20.8 Å². The van der Waals surface area contributed by atoms with Crippen molar-refractivity contribution >= 4 is 43.9 Å². The van der Waals surface area contributed by atoms with Gasteiger partial charge in [0, 0.05) is 10.4 Å². The molecule has 7 nitrogen and oxygen atoms in total. The molecular weight excluding hydrogens is 408 g/mol. The molecule has 29 heavy (non-hydrogen) atoms. The number of ether oxygens (including phenoxy) is 1. The van der Waals surface area contributed by atoms with Crippen molar-refractivity contribution in [2.24, 2.45) is 0 Å². The number of amides is 1. The van der Waals surface area contributed by atoms with Crippen LogP contribution in [0.25, 0.3) is 21.5 Å². The van der Waals surface area contributed by atoms with Crippen LogP contribution in [-0.2, 0) is 0 Å². The fourth-order valence-electron chi connectivity index (χ4n) is 3.09. The number of aryl methyl sites for hydroxylation is 3. The van der Waals surface area contributed by atoms with Crippen LogP contribution in [-0.4, -0.2) is 28.0 Å². The molecule has 3 heterocycles. The average Bonchev–Trinajstić information content (AvgIpc) is 3.21. The predicted octanol–water partition coefficient (Wildman–Crippen LogP) is 4.29. The number of thiazole rings is 1. The lowest BCUT2D eigenvalue weighted by molar-refractivity contribution is 0.103. The predicted molar refractivity (Wildman–Crippen MR) is 117 cm³/mol. The SMILES string of the molecule is COc1ccc(-c2nc(NC(=O)c3sc4nc(C)[nH]c(=O)c4c3C)sc2C)cc1. The third-order valence-corrected chi connectivity index (χ3v) is 6.58. The first kappa shape index (κ1) is 19.3. The molecule has 4 aromatic rings. The van der Waals surface area contributed by atoms with Crippen LogP contribution in [0.4, 0.5) is 5.13 Å². The van der Waals surface area contributed by atoms with Crippen LogP contribution in [0, 0.1) is 20.8 Å². The Morgan fingerprint density at radius 2 is 1.83 bits per heavy atom. The second-order valence-corrected chi connectivity index (χ2v) is 8.70. The number of hydrogen-bond donors (Lipinski definition) is 2. The molecule has 0 radical (unpaired) electrons. The van der Waals surface area contributed by atoms with Crippen molar-refractivity contribution < 1.29 is 9.53 Å². The zero-order chi connectivity index (χ0) is 20.7. The lowest BCUT2D eigenvalue weighted by Gasteiger charge is -2.02. The molecular formula is C20H18N4O3S2. The van der Waals surface area contributed by atoms with Crippen molar-refractivity contribution in [1.29, 1.82) is 0 Å². The molecule has 9 heteroatoms. The maximum absolute atomic E-state index is 12.9. The monoisotopic (exact) mass is 426 g/mol. The van der Waals surface area contributed by atoms with E-state index in [2.05, 4.69) is 20.3 Å². The van der Waals surface area contributed by atoms with Crippen molar-refractivity contribution in [2.75, 3.05) is 12.4 Å². The Kier molecular flexibility index (Phi) is 4.93. The molecule has 0 atom stereocenters. The summed E-state index contributed by atoms with van der Waals surface area (Å²) in [5.74, 6) is 1.00. The Labute approximate surface area is 174 Å². The number of methoxy groups -OCH3 is 1. The van der Waals surface area contributed by atoms with Crippen LogP contribution in [0.3, 0.4) is 0 Å². The van der Waals surface area contributed by atoms with Gasteiger partial charge in [0.2, 0.25) is 0 Å². The Morgan fingerprint density at radius 1 is 1.10 bits per heavy atom. The molecule has 3 aromatic heterocycles. The van der Waals surface area contributed by atoms with E-state index in [0.29, 0.717) is 31.6 Å². The normalized spacial score (nSPS) is 11.0. The van der Waals surface area contributed by atoms with Gasteiger partial charge in [-0.15, -0.1) is 22.7 Å². The fraction of sp³-hybridized carbons (Fsp3) is 0.200. The number of carbonyl (C=O) groups is 1. The first-order valence-corrected chi connectivity index (χ1v) is 10.4. The summed E-state index contributed by atoms with van der Waals surface area (Å²) < 4.78 is 5.19. The first-order chi connectivity index (χ1) is 13.9. The zero-order valence-electron chi connectivity index (χ0n) is 16.2. The average molecular weight is 427 g/mol. The number of H-pyrrole nitrogens is 1. The molecule has 0 bridgehead atoms. The number of benzene rings is 1. The standard InChI is InChI=1S/C20H18N4O3S2/c1-9-14-17(25)21-11(3)22-19(14)29-16(9)18(26)24-20-23-15(10(2)28-20)12-5-7-13(27-4)8-6-12/h5-8H,1-4H3,(H,21,22,25)(H,23,24,26). The lowest BCUT2D eigenvalue weighted by Crippen LogP contribution is -2.12. The van der Waals surface area contributed by atoms with Crippen molar-refractivity contribution in [3.63, 3.8) is 0 Å². The van der Waals surface area contributed by atoms with Gasteiger partial charge in [0.05, 0.1) is 23.1 Å². The van der Waals surface area contributed by atoms with Crippen LogP contribution in [0.15, 0.2) is 29.1 Å². The minimum atomic E-state index is -0.294. The van der Waals surface area contributed by atoms with E-state index in [9.17, 15) is 9.59 Å². The summed E-state index contributed by atoms with van der Waals surface area (Å²) in [6.07, 6.45) is 0. The number of nitrogens with one attached hydrogen (secondary N) is 2. The van der Waals surface area contributed by atoms with E-state index in [1.165, 1.54) is 22.7 Å². The highest BCUT2D eigenvalue weighted by molar-refractivity contribution is 7.21. The number of hydrogen-bond acceptors (Lipinski definition) is 7. The van der Waals surface area contributed by atoms with Crippen LogP contribution < -0.4 is 15.6 Å². The van der Waals surface area contributed by atoms with Gasteiger partial charge in [-0.05, 0) is 50.6 Å². The van der Waals surface area contributed by atoms with Crippen LogP contribution in [0.5, 0.6) is 5.75 Å². The summed E-state index contributed by atoms with van der Waals surface area (Å²) in [4.78, 5) is 38.7. The van der Waals surface area contributed by atoms with Gasteiger partial charge in [0.25, 0.3) is 11.5 Å². The van der Waals surface area contributed by atoms with Gasteiger partial charge in [-0.25, -0.2) is 9.97 Å². The number of nitrogens with zero attached hydrogens (tertiary/aromatic N) is 2. The van der Waals surface area contributed by atoms with E-state index in [1.807, 2.05) is 31.2 Å². The maximum atomic E-state index is 12.9.